The highest BCUT2D eigenvalue weighted by Gasteiger charge is 2.37. The molecule has 9 heteroatoms. The molecule has 1 aromatic carbocycles. The molecule has 162 valence electrons. The Morgan fingerprint density at radius 2 is 1.84 bits per heavy atom. The van der Waals surface area contributed by atoms with E-state index < -0.39 is 5.91 Å². The van der Waals surface area contributed by atoms with Crippen LogP contribution in [0.2, 0.25) is 0 Å². The molecule has 2 aliphatic heterocycles. The van der Waals surface area contributed by atoms with Crippen molar-refractivity contribution in [1.82, 2.24) is 19.4 Å². The van der Waals surface area contributed by atoms with E-state index in [4.69, 9.17) is 0 Å². The van der Waals surface area contributed by atoms with E-state index in [0.717, 1.165) is 12.1 Å². The van der Waals surface area contributed by atoms with E-state index >= 15 is 0 Å². The summed E-state index contributed by atoms with van der Waals surface area (Å²) in [5.74, 6) is -0.877. The number of halogens is 1. The molecule has 2 aliphatic rings. The lowest BCUT2D eigenvalue weighted by Gasteiger charge is -2.43. The van der Waals surface area contributed by atoms with Crippen LogP contribution < -0.4 is 10.9 Å². The number of piperidine rings is 1. The van der Waals surface area contributed by atoms with Crippen molar-refractivity contribution in [2.24, 2.45) is 5.92 Å². The number of rotatable bonds is 3. The number of hydrogen-bond acceptors (Lipinski definition) is 5. The topological polar surface area (TPSA) is 97.2 Å². The van der Waals surface area contributed by atoms with Gasteiger partial charge in [-0.05, 0) is 48.7 Å². The van der Waals surface area contributed by atoms with Crippen LogP contribution in [0.4, 0.5) is 10.1 Å². The lowest BCUT2D eigenvalue weighted by atomic mass is 9.83. The Hall–Kier alpha value is -3.88. The van der Waals surface area contributed by atoms with Gasteiger partial charge in [0.05, 0.1) is 6.20 Å². The summed E-state index contributed by atoms with van der Waals surface area (Å²) >= 11 is 0. The molecule has 8 nitrogen and oxygen atoms in total. The summed E-state index contributed by atoms with van der Waals surface area (Å²) in [5, 5.41) is 2.63. The molecule has 2 aromatic heterocycles. The van der Waals surface area contributed by atoms with E-state index in [9.17, 15) is 18.8 Å². The van der Waals surface area contributed by atoms with E-state index in [1.807, 2.05) is 6.07 Å². The van der Waals surface area contributed by atoms with Gasteiger partial charge >= 0.3 is 0 Å². The zero-order valence-corrected chi connectivity index (χ0v) is 17.1. The van der Waals surface area contributed by atoms with Gasteiger partial charge in [0.1, 0.15) is 17.2 Å². The fourth-order valence-corrected chi connectivity index (χ4v) is 4.58. The van der Waals surface area contributed by atoms with Crippen molar-refractivity contribution < 1.29 is 14.0 Å². The van der Waals surface area contributed by atoms with Crippen LogP contribution in [0.1, 0.15) is 38.9 Å². The zero-order chi connectivity index (χ0) is 22.2. The lowest BCUT2D eigenvalue weighted by Crippen LogP contribution is -2.49. The molecule has 2 atom stereocenters. The molecule has 1 fully saturated rings. The quantitative estimate of drug-likeness (QED) is 0.684. The maximum atomic E-state index is 13.2. The second kappa shape index (κ2) is 7.99. The fourth-order valence-electron chi connectivity index (χ4n) is 4.58. The first-order valence-electron chi connectivity index (χ1n) is 10.4. The number of amides is 2. The molecular weight excluding hydrogens is 413 g/mol. The number of nitrogens with zero attached hydrogens (tertiary/aromatic N) is 4. The second-order valence-corrected chi connectivity index (χ2v) is 8.15. The summed E-state index contributed by atoms with van der Waals surface area (Å²) in [6, 6.07) is 8.98. The molecule has 0 radical (unpaired) electrons. The minimum Gasteiger partial charge on any atom is -0.338 e. The number of nitrogens with one attached hydrogen (secondary N) is 1. The second-order valence-electron chi connectivity index (χ2n) is 8.15. The summed E-state index contributed by atoms with van der Waals surface area (Å²) in [6.45, 7) is 1.47. The molecule has 0 spiro atoms. The number of aromatic nitrogens is 3. The predicted octanol–water partition coefficient (Wildman–Crippen LogP) is 2.29. The zero-order valence-electron chi connectivity index (χ0n) is 17.1. The van der Waals surface area contributed by atoms with Gasteiger partial charge in [0.25, 0.3) is 17.4 Å². The van der Waals surface area contributed by atoms with Crippen LogP contribution in [-0.4, -0.2) is 44.3 Å². The summed E-state index contributed by atoms with van der Waals surface area (Å²) < 4.78 is 14.9. The SMILES string of the molecule is O=C(Nc1ccc2n(c1=O)CC1CC2CN(C(=O)c2ccc(F)cc2)C1)c1cnccn1. The van der Waals surface area contributed by atoms with Crippen molar-refractivity contribution in [3.05, 3.63) is 88.1 Å². The van der Waals surface area contributed by atoms with Crippen LogP contribution in [0.15, 0.2) is 59.8 Å². The van der Waals surface area contributed by atoms with E-state index in [-0.39, 0.29) is 40.5 Å². The van der Waals surface area contributed by atoms with Crippen LogP contribution >= 0.6 is 0 Å². The van der Waals surface area contributed by atoms with E-state index in [0.29, 0.717) is 25.2 Å². The summed E-state index contributed by atoms with van der Waals surface area (Å²) in [7, 11) is 0. The number of benzene rings is 1. The van der Waals surface area contributed by atoms with Gasteiger partial charge < -0.3 is 14.8 Å². The van der Waals surface area contributed by atoms with E-state index in [2.05, 4.69) is 15.3 Å². The molecule has 0 aliphatic carbocycles. The molecule has 2 bridgehead atoms. The third-order valence-electron chi connectivity index (χ3n) is 6.03. The van der Waals surface area contributed by atoms with Gasteiger partial charge in [-0.1, -0.05) is 0 Å². The number of carbonyl (C=O) groups excluding carboxylic acids is 2. The first-order valence-corrected chi connectivity index (χ1v) is 10.4. The summed E-state index contributed by atoms with van der Waals surface area (Å²) in [6.07, 6.45) is 5.10. The fraction of sp³-hybridized carbons (Fsp3) is 0.261. The smallest absolute Gasteiger partial charge is 0.276 e. The van der Waals surface area contributed by atoms with Crippen LogP contribution in [-0.2, 0) is 6.54 Å². The lowest BCUT2D eigenvalue weighted by molar-refractivity contribution is 0.0594. The molecule has 2 unspecified atom stereocenters. The number of hydrogen-bond donors (Lipinski definition) is 1. The molecule has 5 rings (SSSR count). The number of pyridine rings is 1. The van der Waals surface area contributed by atoms with Crippen LogP contribution in [0.25, 0.3) is 0 Å². The van der Waals surface area contributed by atoms with Gasteiger partial charge in [0.2, 0.25) is 0 Å². The minimum absolute atomic E-state index is 0.0179. The third-order valence-corrected chi connectivity index (χ3v) is 6.03. The largest absolute Gasteiger partial charge is 0.338 e. The molecule has 4 heterocycles. The normalized spacial score (nSPS) is 19.2. The Morgan fingerprint density at radius 3 is 2.59 bits per heavy atom. The number of anilines is 1. The van der Waals surface area contributed by atoms with Crippen molar-refractivity contribution in [3.63, 3.8) is 0 Å². The average molecular weight is 433 g/mol. The first kappa shape index (κ1) is 20.0. The number of carbonyl (C=O) groups is 2. The van der Waals surface area contributed by atoms with E-state index in [1.165, 1.54) is 42.9 Å². The maximum absolute atomic E-state index is 13.2. The van der Waals surface area contributed by atoms with Crippen LogP contribution in [0, 0.1) is 11.7 Å². The van der Waals surface area contributed by atoms with Crippen molar-refractivity contribution >= 4 is 17.5 Å². The molecule has 0 saturated carbocycles. The average Bonchev–Trinajstić information content (AvgIpc) is 2.81. The Labute approximate surface area is 182 Å². The summed E-state index contributed by atoms with van der Waals surface area (Å²) in [4.78, 5) is 48.0. The highest BCUT2D eigenvalue weighted by Crippen LogP contribution is 2.36. The number of likely N-dealkylation sites (tertiary alicyclic amines) is 1. The molecule has 3 aromatic rings. The summed E-state index contributed by atoms with van der Waals surface area (Å²) in [5.41, 5.74) is 1.34. The Morgan fingerprint density at radius 1 is 1.03 bits per heavy atom. The van der Waals surface area contributed by atoms with E-state index in [1.54, 1.807) is 15.5 Å². The predicted molar refractivity (Wildman–Crippen MR) is 114 cm³/mol. The van der Waals surface area contributed by atoms with Gasteiger partial charge in [-0.2, -0.15) is 0 Å². The standard InChI is InChI=1S/C23H20FN5O3/c24-17-3-1-15(2-4-17)22(31)28-11-14-9-16(13-28)20-6-5-18(23(32)29(20)12-14)27-21(30)19-10-25-7-8-26-19/h1-8,10,14,16H,9,11-13H2,(H,27,30). The monoisotopic (exact) mass is 433 g/mol. The molecule has 1 N–H and O–H groups in total. The Bertz CT molecular complexity index is 1240. The first-order chi connectivity index (χ1) is 15.5. The Kier molecular flexibility index (Phi) is 5.01. The Balaban J connectivity index is 1.37. The molecule has 1 saturated heterocycles. The van der Waals surface area contributed by atoms with Gasteiger partial charge in [-0.3, -0.25) is 19.4 Å². The van der Waals surface area contributed by atoms with Crippen molar-refractivity contribution in [2.75, 3.05) is 18.4 Å². The molecular formula is C23H20FN5O3. The highest BCUT2D eigenvalue weighted by atomic mass is 19.1. The van der Waals surface area contributed by atoms with Crippen LogP contribution in [0.3, 0.4) is 0 Å². The molecule has 32 heavy (non-hydrogen) atoms. The van der Waals surface area contributed by atoms with Gasteiger partial charge in [-0.25, -0.2) is 9.37 Å². The van der Waals surface area contributed by atoms with Crippen molar-refractivity contribution in [2.45, 2.75) is 18.9 Å². The van der Waals surface area contributed by atoms with Gasteiger partial charge in [0, 0.05) is 49.2 Å². The molecule has 2 amide bonds. The van der Waals surface area contributed by atoms with Gasteiger partial charge in [-0.15, -0.1) is 0 Å². The third kappa shape index (κ3) is 3.66. The maximum Gasteiger partial charge on any atom is 0.276 e. The van der Waals surface area contributed by atoms with Crippen LogP contribution in [0.5, 0.6) is 0 Å². The van der Waals surface area contributed by atoms with Gasteiger partial charge in [0.15, 0.2) is 0 Å². The van der Waals surface area contributed by atoms with Crippen molar-refractivity contribution in [1.29, 1.82) is 0 Å². The minimum atomic E-state index is -0.497. The van der Waals surface area contributed by atoms with Crippen molar-refractivity contribution in [3.8, 4) is 0 Å². The highest BCUT2D eigenvalue weighted by molar-refractivity contribution is 6.02. The number of fused-ring (bicyclic) bond motifs is 4.